The molecular formula is C25H27Cl2N5O5. The lowest BCUT2D eigenvalue weighted by molar-refractivity contribution is -0.132. The average Bonchev–Trinajstić information content (AvgIpc) is 3.24. The van der Waals surface area contributed by atoms with Gasteiger partial charge in [-0.25, -0.2) is 14.8 Å². The van der Waals surface area contributed by atoms with Crippen molar-refractivity contribution in [1.29, 1.82) is 0 Å². The maximum Gasteiger partial charge on any atom is 0.404 e. The van der Waals surface area contributed by atoms with Gasteiger partial charge in [-0.1, -0.05) is 29.3 Å². The molecule has 3 N–H and O–H groups in total. The summed E-state index contributed by atoms with van der Waals surface area (Å²) >= 11 is 13.1. The second kappa shape index (κ2) is 10.9. The van der Waals surface area contributed by atoms with Gasteiger partial charge in [-0.05, 0) is 30.5 Å². The van der Waals surface area contributed by atoms with Crippen LogP contribution in [0.3, 0.4) is 0 Å². The van der Waals surface area contributed by atoms with Crippen LogP contribution in [0.2, 0.25) is 10.0 Å². The van der Waals surface area contributed by atoms with Gasteiger partial charge in [-0.15, -0.1) is 0 Å². The number of nitrogens with two attached hydrogens (primary N) is 1. The molecular weight excluding hydrogens is 521 g/mol. The summed E-state index contributed by atoms with van der Waals surface area (Å²) in [6.07, 6.45) is 0.993. The highest BCUT2D eigenvalue weighted by Gasteiger charge is 2.41. The van der Waals surface area contributed by atoms with Crippen molar-refractivity contribution >= 4 is 52.1 Å². The fraction of sp³-hybridized carbons (Fsp3) is 0.360. The van der Waals surface area contributed by atoms with Crippen molar-refractivity contribution in [2.24, 2.45) is 11.7 Å². The Morgan fingerprint density at radius 3 is 2.35 bits per heavy atom. The topological polar surface area (TPSA) is 129 Å². The molecule has 2 amide bonds. The molecule has 3 atom stereocenters. The minimum absolute atomic E-state index is 0.0409. The van der Waals surface area contributed by atoms with Crippen molar-refractivity contribution in [3.8, 4) is 22.6 Å². The monoisotopic (exact) mass is 547 g/mol. The van der Waals surface area contributed by atoms with Crippen LogP contribution in [-0.4, -0.2) is 67.3 Å². The van der Waals surface area contributed by atoms with Crippen LogP contribution in [0.5, 0.6) is 11.5 Å². The summed E-state index contributed by atoms with van der Waals surface area (Å²) in [5, 5.41) is 4.66. The molecule has 1 heterocycles. The van der Waals surface area contributed by atoms with Crippen molar-refractivity contribution in [1.82, 2.24) is 14.9 Å². The van der Waals surface area contributed by atoms with Gasteiger partial charge in [0, 0.05) is 43.2 Å². The third-order valence-corrected chi connectivity index (χ3v) is 7.07. The number of benzene rings is 2. The average molecular weight is 548 g/mol. The molecule has 37 heavy (non-hydrogen) atoms. The van der Waals surface area contributed by atoms with Crippen molar-refractivity contribution < 1.29 is 23.8 Å². The van der Waals surface area contributed by atoms with Crippen LogP contribution in [0.4, 0.5) is 10.7 Å². The quantitative estimate of drug-likeness (QED) is 0.446. The van der Waals surface area contributed by atoms with Crippen molar-refractivity contribution in [2.75, 3.05) is 33.6 Å². The predicted octanol–water partition coefficient (Wildman–Crippen LogP) is 4.36. The van der Waals surface area contributed by atoms with E-state index in [-0.39, 0.29) is 17.9 Å². The zero-order valence-electron chi connectivity index (χ0n) is 20.7. The van der Waals surface area contributed by atoms with Crippen LogP contribution >= 0.6 is 23.2 Å². The van der Waals surface area contributed by atoms with E-state index in [4.69, 9.17) is 43.1 Å². The number of anilines is 1. The van der Waals surface area contributed by atoms with E-state index in [0.29, 0.717) is 51.4 Å². The SMILES string of the molecule is COc1cc(OC)c(Cl)c(-c2ccc3nc(N[C@@H]4C[C@@H](C(=O)N(C)C)C[C@@H]4OC(N)=O)ncc3c2)c1Cl. The number of rotatable bonds is 7. The van der Waals surface area contributed by atoms with Crippen LogP contribution in [0, 0.1) is 5.92 Å². The van der Waals surface area contributed by atoms with Gasteiger partial charge in [0.25, 0.3) is 0 Å². The zero-order chi connectivity index (χ0) is 26.9. The molecule has 12 heteroatoms. The number of carbonyl (C=O) groups excluding carboxylic acids is 2. The minimum atomic E-state index is -0.895. The van der Waals surface area contributed by atoms with Crippen LogP contribution in [0.25, 0.3) is 22.0 Å². The molecule has 1 fully saturated rings. The molecule has 0 spiro atoms. The predicted molar refractivity (Wildman–Crippen MR) is 141 cm³/mol. The number of methoxy groups -OCH3 is 2. The number of ether oxygens (including phenoxy) is 3. The molecule has 3 aromatic rings. The van der Waals surface area contributed by atoms with E-state index in [9.17, 15) is 9.59 Å². The van der Waals surface area contributed by atoms with Crippen molar-refractivity contribution in [3.63, 3.8) is 0 Å². The molecule has 1 saturated carbocycles. The summed E-state index contributed by atoms with van der Waals surface area (Å²) < 4.78 is 16.0. The first kappa shape index (κ1) is 26.6. The van der Waals surface area contributed by atoms with Crippen LogP contribution < -0.4 is 20.5 Å². The van der Waals surface area contributed by atoms with E-state index in [1.54, 1.807) is 26.4 Å². The van der Waals surface area contributed by atoms with Crippen LogP contribution in [-0.2, 0) is 9.53 Å². The number of primary amides is 1. The van der Waals surface area contributed by atoms with Gasteiger partial charge >= 0.3 is 6.09 Å². The van der Waals surface area contributed by atoms with Gasteiger partial charge in [0.05, 0.1) is 35.8 Å². The minimum Gasteiger partial charge on any atom is -0.495 e. The number of hydrogen-bond acceptors (Lipinski definition) is 8. The normalized spacial score (nSPS) is 18.9. The third-order valence-electron chi connectivity index (χ3n) is 6.32. The molecule has 10 nitrogen and oxygen atoms in total. The van der Waals surface area contributed by atoms with Gasteiger partial charge in [0.2, 0.25) is 11.9 Å². The molecule has 0 saturated heterocycles. The maximum atomic E-state index is 12.5. The number of nitrogens with zero attached hydrogens (tertiary/aromatic N) is 3. The Labute approximate surface area is 224 Å². The van der Waals surface area contributed by atoms with E-state index in [1.807, 2.05) is 18.2 Å². The van der Waals surface area contributed by atoms with E-state index in [0.717, 1.165) is 10.9 Å². The van der Waals surface area contributed by atoms with Gasteiger partial charge in [-0.2, -0.15) is 0 Å². The number of hydrogen-bond donors (Lipinski definition) is 2. The molecule has 1 aliphatic carbocycles. The van der Waals surface area contributed by atoms with Crippen molar-refractivity contribution in [3.05, 3.63) is 40.5 Å². The zero-order valence-corrected chi connectivity index (χ0v) is 22.3. The highest BCUT2D eigenvalue weighted by molar-refractivity contribution is 6.41. The molecule has 0 unspecified atom stereocenters. The Morgan fingerprint density at radius 1 is 1.08 bits per heavy atom. The number of aromatic nitrogens is 2. The molecule has 1 aliphatic rings. The third kappa shape index (κ3) is 5.45. The largest absolute Gasteiger partial charge is 0.495 e. The fourth-order valence-electron chi connectivity index (χ4n) is 4.56. The van der Waals surface area contributed by atoms with Gasteiger partial charge < -0.3 is 30.2 Å². The van der Waals surface area contributed by atoms with E-state index in [1.165, 1.54) is 19.1 Å². The molecule has 1 aromatic heterocycles. The molecule has 196 valence electrons. The lowest BCUT2D eigenvalue weighted by atomic mass is 10.0. The number of fused-ring (bicyclic) bond motifs is 1. The standard InChI is InChI=1S/C25H27Cl2N5O5/c1-32(2)23(33)13-8-16(17(9-13)37-24(28)34)31-25-29-11-14-7-12(5-6-15(14)30-25)20-21(26)18(35-3)10-19(36-4)22(20)27/h5-7,10-11,13,16-17H,8-9H2,1-4H3,(H2,28,34)(H,29,30,31)/t13-,16-,17+/m1/s1. The summed E-state index contributed by atoms with van der Waals surface area (Å²) in [5.41, 5.74) is 7.22. The Morgan fingerprint density at radius 2 is 1.76 bits per heavy atom. The fourth-order valence-corrected chi connectivity index (χ4v) is 5.28. The second-order valence-electron chi connectivity index (χ2n) is 8.88. The van der Waals surface area contributed by atoms with E-state index in [2.05, 4.69) is 15.3 Å². The van der Waals surface area contributed by atoms with Gasteiger partial charge in [0.1, 0.15) is 17.6 Å². The summed E-state index contributed by atoms with van der Waals surface area (Å²) in [6.45, 7) is 0. The smallest absolute Gasteiger partial charge is 0.404 e. The molecule has 0 aliphatic heterocycles. The molecule has 0 bridgehead atoms. The van der Waals surface area contributed by atoms with Crippen molar-refractivity contribution in [2.45, 2.75) is 25.0 Å². The number of halogens is 2. The van der Waals surface area contributed by atoms with Crippen LogP contribution in [0.15, 0.2) is 30.5 Å². The maximum absolute atomic E-state index is 12.5. The summed E-state index contributed by atoms with van der Waals surface area (Å²) in [5.74, 6) is 0.851. The van der Waals surface area contributed by atoms with E-state index < -0.39 is 12.2 Å². The van der Waals surface area contributed by atoms with E-state index >= 15 is 0 Å². The van der Waals surface area contributed by atoms with Gasteiger partial charge in [-0.3, -0.25) is 4.79 Å². The summed E-state index contributed by atoms with van der Waals surface area (Å²) in [7, 11) is 6.41. The lowest BCUT2D eigenvalue weighted by Crippen LogP contribution is -2.34. The first-order valence-electron chi connectivity index (χ1n) is 11.4. The first-order chi connectivity index (χ1) is 17.6. The highest BCUT2D eigenvalue weighted by atomic mass is 35.5. The Bertz CT molecular complexity index is 1320. The first-order valence-corrected chi connectivity index (χ1v) is 12.2. The number of carbonyl (C=O) groups is 2. The second-order valence-corrected chi connectivity index (χ2v) is 9.63. The Kier molecular flexibility index (Phi) is 7.79. The molecule has 0 radical (unpaired) electrons. The lowest BCUT2D eigenvalue weighted by Gasteiger charge is -2.20. The van der Waals surface area contributed by atoms with Gasteiger partial charge in [0.15, 0.2) is 0 Å². The molecule has 4 rings (SSSR count). The van der Waals surface area contributed by atoms with Crippen LogP contribution in [0.1, 0.15) is 12.8 Å². The molecule has 2 aromatic carbocycles. The number of amides is 2. The summed E-state index contributed by atoms with van der Waals surface area (Å²) in [4.78, 5) is 34.5. The Hall–Kier alpha value is -3.50. The highest BCUT2D eigenvalue weighted by Crippen LogP contribution is 2.46. The summed E-state index contributed by atoms with van der Waals surface area (Å²) in [6, 6.07) is 6.78. The Balaban J connectivity index is 1.63. The number of nitrogens with one attached hydrogen (secondary N) is 1.